The Morgan fingerprint density at radius 2 is 2.09 bits per heavy atom. The maximum Gasteiger partial charge on any atom is 0.405 e. The van der Waals surface area contributed by atoms with Crippen molar-refractivity contribution in [2.24, 2.45) is 0 Å². The number of rotatable bonds is 2. The smallest absolute Gasteiger partial charge is 0.346 e. The second kappa shape index (κ2) is 3.94. The lowest BCUT2D eigenvalue weighted by atomic mass is 10.4. The molecule has 0 aromatic rings. The van der Waals surface area contributed by atoms with E-state index in [-0.39, 0.29) is 0 Å². The molecule has 0 saturated carbocycles. The zero-order valence-electron chi connectivity index (χ0n) is 5.70. The molecule has 1 atom stereocenters. The van der Waals surface area contributed by atoms with Gasteiger partial charge in [-0.3, -0.25) is 4.79 Å². The molecule has 0 spiro atoms. The van der Waals surface area contributed by atoms with Crippen LogP contribution in [-0.2, 0) is 4.79 Å². The molecule has 0 rings (SSSR count). The van der Waals surface area contributed by atoms with E-state index in [1.165, 1.54) is 6.92 Å². The maximum atomic E-state index is 11.4. The summed E-state index contributed by atoms with van der Waals surface area (Å²) in [5.74, 6) is -0.665. The van der Waals surface area contributed by atoms with Crippen molar-refractivity contribution in [3.05, 3.63) is 0 Å². The molecule has 0 saturated heterocycles. The molecule has 0 aliphatic rings. The van der Waals surface area contributed by atoms with Crippen molar-refractivity contribution >= 4 is 21.8 Å². The summed E-state index contributed by atoms with van der Waals surface area (Å²) in [6.45, 7) is 0.174. The number of nitrogens with one attached hydrogen (secondary N) is 1. The maximum absolute atomic E-state index is 11.4. The molecule has 0 fully saturated rings. The highest BCUT2D eigenvalue weighted by Crippen LogP contribution is 2.12. The molecule has 1 amide bonds. The van der Waals surface area contributed by atoms with Crippen molar-refractivity contribution in [1.82, 2.24) is 5.32 Å². The first kappa shape index (κ1) is 10.7. The van der Waals surface area contributed by atoms with E-state index in [0.29, 0.717) is 0 Å². The van der Waals surface area contributed by atoms with E-state index in [2.05, 4.69) is 15.9 Å². The van der Waals surface area contributed by atoms with Crippen LogP contribution in [0.3, 0.4) is 0 Å². The molecule has 1 unspecified atom stereocenters. The molecule has 66 valence electrons. The van der Waals surface area contributed by atoms with Crippen LogP contribution < -0.4 is 5.32 Å². The molecule has 0 heterocycles. The molecule has 6 heteroatoms. The second-order valence-electron chi connectivity index (χ2n) is 1.95. The predicted molar refractivity (Wildman–Crippen MR) is 37.5 cm³/mol. The summed E-state index contributed by atoms with van der Waals surface area (Å²) >= 11 is 2.83. The van der Waals surface area contributed by atoms with Gasteiger partial charge in [0.2, 0.25) is 5.91 Å². The minimum atomic E-state index is -4.34. The largest absolute Gasteiger partial charge is 0.405 e. The quantitative estimate of drug-likeness (QED) is 0.719. The van der Waals surface area contributed by atoms with E-state index in [4.69, 9.17) is 0 Å². The molecular weight excluding hydrogens is 227 g/mol. The van der Waals surface area contributed by atoms with Crippen LogP contribution in [0, 0.1) is 0 Å². The summed E-state index contributed by atoms with van der Waals surface area (Å²) in [4.78, 5) is 9.94. The molecule has 1 N–H and O–H groups in total. The Bertz CT molecular complexity index is 145. The predicted octanol–water partition coefficient (Wildman–Crippen LogP) is 1.45. The van der Waals surface area contributed by atoms with E-state index < -0.39 is 23.5 Å². The molecule has 0 aromatic carbocycles. The Balaban J connectivity index is 3.64. The summed E-state index contributed by atoms with van der Waals surface area (Å²) in [5.41, 5.74) is 0. The Morgan fingerprint density at radius 1 is 1.64 bits per heavy atom. The van der Waals surface area contributed by atoms with Crippen molar-refractivity contribution < 1.29 is 18.0 Å². The van der Waals surface area contributed by atoms with Crippen molar-refractivity contribution in [3.63, 3.8) is 0 Å². The fourth-order valence-corrected chi connectivity index (χ4v) is 0.490. The van der Waals surface area contributed by atoms with Gasteiger partial charge in [-0.15, -0.1) is 0 Å². The molecule has 0 aliphatic heterocycles. The zero-order chi connectivity index (χ0) is 9.07. The SMILES string of the molecule is CC(Br)C(=O)NCC(F)(F)F. The van der Waals surface area contributed by atoms with E-state index in [9.17, 15) is 18.0 Å². The number of hydrogen-bond acceptors (Lipinski definition) is 1. The van der Waals surface area contributed by atoms with Crippen LogP contribution in [0.25, 0.3) is 0 Å². The highest BCUT2D eigenvalue weighted by molar-refractivity contribution is 9.10. The number of halogens is 4. The van der Waals surface area contributed by atoms with Crippen LogP contribution in [0.15, 0.2) is 0 Å². The summed E-state index contributed by atoms with van der Waals surface area (Å²) in [6, 6.07) is 0. The van der Waals surface area contributed by atoms with Crippen molar-refractivity contribution in [2.75, 3.05) is 6.54 Å². The molecule has 0 radical (unpaired) electrons. The molecule has 11 heavy (non-hydrogen) atoms. The average Bonchev–Trinajstić information content (AvgIpc) is 1.80. The fourth-order valence-electron chi connectivity index (χ4n) is 0.328. The van der Waals surface area contributed by atoms with Crippen LogP contribution in [0.4, 0.5) is 13.2 Å². The van der Waals surface area contributed by atoms with Gasteiger partial charge in [0.15, 0.2) is 0 Å². The van der Waals surface area contributed by atoms with E-state index in [1.807, 2.05) is 0 Å². The number of amides is 1. The Morgan fingerprint density at radius 3 is 2.36 bits per heavy atom. The van der Waals surface area contributed by atoms with Crippen LogP contribution in [0.5, 0.6) is 0 Å². The summed E-state index contributed by atoms with van der Waals surface area (Å²) in [5, 5.41) is 1.71. The number of alkyl halides is 4. The van der Waals surface area contributed by atoms with Gasteiger partial charge in [-0.25, -0.2) is 0 Å². The molecule has 0 aliphatic carbocycles. The highest BCUT2D eigenvalue weighted by Gasteiger charge is 2.28. The normalized spacial score (nSPS) is 14.3. The minimum Gasteiger partial charge on any atom is -0.346 e. The lowest BCUT2D eigenvalue weighted by Gasteiger charge is -2.08. The van der Waals surface area contributed by atoms with E-state index >= 15 is 0 Å². The molecule has 0 aromatic heterocycles. The van der Waals surface area contributed by atoms with Gasteiger partial charge in [-0.2, -0.15) is 13.2 Å². The van der Waals surface area contributed by atoms with Crippen LogP contribution >= 0.6 is 15.9 Å². The van der Waals surface area contributed by atoms with Crippen molar-refractivity contribution in [3.8, 4) is 0 Å². The summed E-state index contributed by atoms with van der Waals surface area (Å²) in [7, 11) is 0. The topological polar surface area (TPSA) is 29.1 Å². The number of carbonyl (C=O) groups excluding carboxylic acids is 1. The third kappa shape index (κ3) is 6.15. The van der Waals surface area contributed by atoms with Crippen LogP contribution in [0.1, 0.15) is 6.92 Å². The van der Waals surface area contributed by atoms with Crippen molar-refractivity contribution in [2.45, 2.75) is 17.9 Å². The highest BCUT2D eigenvalue weighted by atomic mass is 79.9. The van der Waals surface area contributed by atoms with Crippen LogP contribution in [0.2, 0.25) is 0 Å². The summed E-state index contributed by atoms with van der Waals surface area (Å²) < 4.78 is 34.3. The van der Waals surface area contributed by atoms with Gasteiger partial charge >= 0.3 is 6.18 Å². The van der Waals surface area contributed by atoms with Crippen LogP contribution in [-0.4, -0.2) is 23.5 Å². The first-order valence-corrected chi connectivity index (χ1v) is 3.73. The van der Waals surface area contributed by atoms with Gasteiger partial charge in [0.1, 0.15) is 6.54 Å². The van der Waals surface area contributed by atoms with Gasteiger partial charge in [-0.1, -0.05) is 15.9 Å². The lowest BCUT2D eigenvalue weighted by Crippen LogP contribution is -2.37. The minimum absolute atomic E-state index is 0.593. The van der Waals surface area contributed by atoms with E-state index in [1.54, 1.807) is 5.32 Å². The Labute approximate surface area is 70.3 Å². The van der Waals surface area contributed by atoms with Gasteiger partial charge in [-0.05, 0) is 6.92 Å². The van der Waals surface area contributed by atoms with Gasteiger partial charge in [0.05, 0.1) is 4.83 Å². The zero-order valence-corrected chi connectivity index (χ0v) is 7.29. The van der Waals surface area contributed by atoms with Gasteiger partial charge in [0.25, 0.3) is 0 Å². The fraction of sp³-hybridized carbons (Fsp3) is 0.800. The van der Waals surface area contributed by atoms with Crippen molar-refractivity contribution in [1.29, 1.82) is 0 Å². The molecule has 2 nitrogen and oxygen atoms in total. The third-order valence-electron chi connectivity index (χ3n) is 0.824. The Hall–Kier alpha value is -0.260. The average molecular weight is 234 g/mol. The third-order valence-corrected chi connectivity index (χ3v) is 1.24. The first-order chi connectivity index (χ1) is 4.83. The monoisotopic (exact) mass is 233 g/mol. The standard InChI is InChI=1S/C5H7BrF3NO/c1-3(6)4(11)10-2-5(7,8)9/h3H,2H2,1H3,(H,10,11). The van der Waals surface area contributed by atoms with E-state index in [0.717, 1.165) is 0 Å². The second-order valence-corrected chi connectivity index (χ2v) is 3.32. The molecular formula is C5H7BrF3NO. The lowest BCUT2D eigenvalue weighted by molar-refractivity contribution is -0.137. The van der Waals surface area contributed by atoms with Gasteiger partial charge in [0, 0.05) is 0 Å². The van der Waals surface area contributed by atoms with Gasteiger partial charge < -0.3 is 5.32 Å². The Kier molecular flexibility index (Phi) is 3.85. The summed E-state index contributed by atoms with van der Waals surface area (Å²) in [6.07, 6.45) is -4.34. The molecule has 0 bridgehead atoms. The number of hydrogen-bond donors (Lipinski definition) is 1. The first-order valence-electron chi connectivity index (χ1n) is 2.81. The number of carbonyl (C=O) groups is 1.